The molecule has 29 heavy (non-hydrogen) atoms. The molecule has 0 aliphatic carbocycles. The summed E-state index contributed by atoms with van der Waals surface area (Å²) in [5.74, 6) is 0.124. The van der Waals surface area contributed by atoms with Gasteiger partial charge in [0.15, 0.2) is 5.78 Å². The Bertz CT molecular complexity index is 1020. The summed E-state index contributed by atoms with van der Waals surface area (Å²) in [6.45, 7) is 0.665. The van der Waals surface area contributed by atoms with Crippen LogP contribution in [0.3, 0.4) is 0 Å². The average Bonchev–Trinajstić information content (AvgIpc) is 2.76. The molecule has 0 saturated carbocycles. The van der Waals surface area contributed by atoms with Gasteiger partial charge in [-0.2, -0.15) is 0 Å². The zero-order valence-corrected chi connectivity index (χ0v) is 16.0. The Morgan fingerprint density at radius 3 is 2.38 bits per heavy atom. The number of hydrogen-bond acceptors (Lipinski definition) is 4. The summed E-state index contributed by atoms with van der Waals surface area (Å²) in [7, 11) is 0. The molecule has 1 heterocycles. The first-order chi connectivity index (χ1) is 14.1. The molecule has 0 fully saturated rings. The summed E-state index contributed by atoms with van der Waals surface area (Å²) >= 11 is 0. The van der Waals surface area contributed by atoms with Crippen molar-refractivity contribution >= 4 is 17.2 Å². The molecule has 0 unspecified atom stereocenters. The van der Waals surface area contributed by atoms with Gasteiger partial charge >= 0.3 is 0 Å². The summed E-state index contributed by atoms with van der Waals surface area (Å²) in [5, 5.41) is 11.2. The van der Waals surface area contributed by atoms with E-state index in [4.69, 9.17) is 0 Å². The molecule has 0 saturated heterocycles. The Hall–Kier alpha value is -3.47. The van der Waals surface area contributed by atoms with Gasteiger partial charge in [-0.25, -0.2) is 0 Å². The van der Waals surface area contributed by atoms with Crippen LogP contribution in [0.1, 0.15) is 34.3 Å². The number of benzene rings is 3. The molecule has 0 N–H and O–H groups in total. The van der Waals surface area contributed by atoms with E-state index in [2.05, 4.69) is 17.0 Å². The third-order valence-electron chi connectivity index (χ3n) is 5.48. The lowest BCUT2D eigenvalue weighted by atomic mass is 9.90. The summed E-state index contributed by atoms with van der Waals surface area (Å²) in [6, 6.07) is 24.6. The third kappa shape index (κ3) is 4.19. The molecule has 5 heteroatoms. The molecule has 0 radical (unpaired) electrons. The maximum absolute atomic E-state index is 12.9. The first-order valence-corrected chi connectivity index (χ1v) is 9.78. The van der Waals surface area contributed by atoms with E-state index in [-0.39, 0.29) is 22.4 Å². The van der Waals surface area contributed by atoms with Crippen LogP contribution in [0.2, 0.25) is 0 Å². The number of anilines is 1. The van der Waals surface area contributed by atoms with Crippen molar-refractivity contribution < 1.29 is 9.72 Å². The van der Waals surface area contributed by atoms with Crippen molar-refractivity contribution in [2.24, 2.45) is 0 Å². The van der Waals surface area contributed by atoms with Crippen LogP contribution in [0, 0.1) is 10.1 Å². The third-order valence-corrected chi connectivity index (χ3v) is 5.48. The minimum Gasteiger partial charge on any atom is -0.364 e. The Morgan fingerprint density at radius 2 is 1.69 bits per heavy atom. The van der Waals surface area contributed by atoms with Gasteiger partial charge in [-0.15, -0.1) is 0 Å². The number of Topliss-reactive ketones (excluding diaryl/α,β-unsaturated/α-hetero) is 1. The van der Waals surface area contributed by atoms with Crippen LogP contribution in [0.25, 0.3) is 0 Å². The molecular weight excluding hydrogens is 364 g/mol. The molecule has 4 rings (SSSR count). The average molecular weight is 386 g/mol. The van der Waals surface area contributed by atoms with Gasteiger partial charge in [-0.05, 0) is 30.0 Å². The second-order valence-electron chi connectivity index (χ2n) is 7.37. The smallest absolute Gasteiger partial charge is 0.269 e. The lowest BCUT2D eigenvalue weighted by Gasteiger charge is -2.39. The number of carbonyl (C=O) groups excluding carboxylic acids is 1. The van der Waals surface area contributed by atoms with Gasteiger partial charge in [0.05, 0.1) is 4.92 Å². The Labute approximate surface area is 169 Å². The number of nitro benzene ring substituents is 1. The normalized spacial score (nSPS) is 15.6. The Balaban J connectivity index is 1.65. The minimum absolute atomic E-state index is 0.0527. The largest absolute Gasteiger partial charge is 0.364 e. The van der Waals surface area contributed by atoms with Gasteiger partial charge in [0.1, 0.15) is 0 Å². The molecule has 0 bridgehead atoms. The van der Waals surface area contributed by atoms with Crippen molar-refractivity contribution in [1.82, 2.24) is 0 Å². The molecule has 3 aromatic rings. The highest BCUT2D eigenvalue weighted by molar-refractivity contribution is 5.96. The zero-order chi connectivity index (χ0) is 20.2. The van der Waals surface area contributed by atoms with E-state index >= 15 is 0 Å². The van der Waals surface area contributed by atoms with Crippen molar-refractivity contribution in [3.05, 3.63) is 106 Å². The topological polar surface area (TPSA) is 63.4 Å². The summed E-state index contributed by atoms with van der Waals surface area (Å²) in [4.78, 5) is 25.9. The van der Waals surface area contributed by atoms with Gasteiger partial charge < -0.3 is 4.90 Å². The van der Waals surface area contributed by atoms with Crippen LogP contribution in [-0.2, 0) is 13.0 Å². The molecule has 0 spiro atoms. The van der Waals surface area contributed by atoms with E-state index in [0.29, 0.717) is 13.0 Å². The standard InChI is InChI=1S/C24H22N2O3/c27-24(19-9-5-2-6-10-19)16-21-12-11-20-15-22(26(28)29)13-14-23(20)25(21)17-18-7-3-1-4-8-18/h1-10,13-15,21H,11-12,16-17H2/t21-/m1/s1. The van der Waals surface area contributed by atoms with Gasteiger partial charge in [0.2, 0.25) is 0 Å². The highest BCUT2D eigenvalue weighted by Gasteiger charge is 2.29. The van der Waals surface area contributed by atoms with Gasteiger partial charge in [0, 0.05) is 42.4 Å². The maximum atomic E-state index is 12.9. The van der Waals surface area contributed by atoms with E-state index in [0.717, 1.165) is 35.2 Å². The number of fused-ring (bicyclic) bond motifs is 1. The molecular formula is C24H22N2O3. The van der Waals surface area contributed by atoms with E-state index in [1.165, 1.54) is 0 Å². The number of rotatable bonds is 6. The first-order valence-electron chi connectivity index (χ1n) is 9.78. The fourth-order valence-electron chi connectivity index (χ4n) is 4.00. The fraction of sp³-hybridized carbons (Fsp3) is 0.208. The molecule has 0 aromatic heterocycles. The quantitative estimate of drug-likeness (QED) is 0.332. The van der Waals surface area contributed by atoms with Crippen LogP contribution in [-0.4, -0.2) is 16.7 Å². The van der Waals surface area contributed by atoms with E-state index in [1.807, 2.05) is 54.6 Å². The zero-order valence-electron chi connectivity index (χ0n) is 16.0. The molecule has 0 amide bonds. The number of non-ortho nitro benzene ring substituents is 1. The number of ketones is 1. The Morgan fingerprint density at radius 1 is 1.00 bits per heavy atom. The van der Waals surface area contributed by atoms with Crippen molar-refractivity contribution in [3.63, 3.8) is 0 Å². The second-order valence-corrected chi connectivity index (χ2v) is 7.37. The predicted octanol–water partition coefficient (Wildman–Crippen LogP) is 5.19. The van der Waals surface area contributed by atoms with Crippen LogP contribution in [0.5, 0.6) is 0 Å². The number of hydrogen-bond donors (Lipinski definition) is 0. The highest BCUT2D eigenvalue weighted by atomic mass is 16.6. The molecule has 5 nitrogen and oxygen atoms in total. The highest BCUT2D eigenvalue weighted by Crippen LogP contribution is 2.36. The van der Waals surface area contributed by atoms with E-state index in [9.17, 15) is 14.9 Å². The Kier molecular flexibility index (Phi) is 5.38. The van der Waals surface area contributed by atoms with Gasteiger partial charge in [-0.3, -0.25) is 14.9 Å². The second kappa shape index (κ2) is 8.27. The molecule has 146 valence electrons. The lowest BCUT2D eigenvalue weighted by molar-refractivity contribution is -0.384. The molecule has 1 aliphatic rings. The maximum Gasteiger partial charge on any atom is 0.269 e. The van der Waals surface area contributed by atoms with Crippen molar-refractivity contribution in [3.8, 4) is 0 Å². The number of nitro groups is 1. The predicted molar refractivity (Wildman–Crippen MR) is 113 cm³/mol. The van der Waals surface area contributed by atoms with E-state index < -0.39 is 0 Å². The van der Waals surface area contributed by atoms with Crippen molar-refractivity contribution in [2.45, 2.75) is 31.8 Å². The molecule has 3 aromatic carbocycles. The monoisotopic (exact) mass is 386 g/mol. The fourth-order valence-corrected chi connectivity index (χ4v) is 4.00. The van der Waals surface area contributed by atoms with E-state index in [1.54, 1.807) is 12.1 Å². The molecule has 1 aliphatic heterocycles. The minimum atomic E-state index is -0.354. The van der Waals surface area contributed by atoms with Gasteiger partial charge in [-0.1, -0.05) is 60.7 Å². The first kappa shape index (κ1) is 18.9. The van der Waals surface area contributed by atoms with Crippen molar-refractivity contribution in [1.29, 1.82) is 0 Å². The summed E-state index contributed by atoms with van der Waals surface area (Å²) in [6.07, 6.45) is 1.95. The van der Waals surface area contributed by atoms with Gasteiger partial charge in [0.25, 0.3) is 5.69 Å². The van der Waals surface area contributed by atoms with Crippen molar-refractivity contribution in [2.75, 3.05) is 4.90 Å². The van der Waals surface area contributed by atoms with Crippen LogP contribution in [0.15, 0.2) is 78.9 Å². The summed E-state index contributed by atoms with van der Waals surface area (Å²) < 4.78 is 0. The van der Waals surface area contributed by atoms with Crippen LogP contribution >= 0.6 is 0 Å². The van der Waals surface area contributed by atoms with Crippen LogP contribution in [0.4, 0.5) is 11.4 Å². The lowest BCUT2D eigenvalue weighted by Crippen LogP contribution is -2.40. The number of nitrogens with zero attached hydrogens (tertiary/aromatic N) is 2. The number of carbonyl (C=O) groups is 1. The SMILES string of the molecule is O=C(C[C@H]1CCc2cc([N+](=O)[O-])ccc2N1Cc1ccccc1)c1ccccc1. The molecule has 1 atom stereocenters. The number of aryl methyl sites for hydroxylation is 1. The van der Waals surface area contributed by atoms with Crippen LogP contribution < -0.4 is 4.90 Å². The summed E-state index contributed by atoms with van der Waals surface area (Å²) in [5.41, 5.74) is 3.94.